The van der Waals surface area contributed by atoms with E-state index in [2.05, 4.69) is 0 Å². The molecule has 0 aromatic heterocycles. The molecule has 3 heterocycles. The predicted molar refractivity (Wildman–Crippen MR) is 104 cm³/mol. The second-order valence-electron chi connectivity index (χ2n) is 8.72. The Balaban J connectivity index is 1.38. The van der Waals surface area contributed by atoms with Gasteiger partial charge in [-0.15, -0.1) is 0 Å². The van der Waals surface area contributed by atoms with Crippen molar-refractivity contribution in [1.29, 1.82) is 0 Å². The number of halogens is 3. The maximum absolute atomic E-state index is 12.8. The molecule has 2 amide bonds. The summed E-state index contributed by atoms with van der Waals surface area (Å²) in [7, 11) is 0. The Morgan fingerprint density at radius 1 is 1.03 bits per heavy atom. The fraction of sp³-hybridized carbons (Fsp3) is 0.636. The number of likely N-dealkylation sites (tertiary alicyclic amines) is 2. The van der Waals surface area contributed by atoms with Gasteiger partial charge in [0.15, 0.2) is 0 Å². The molecule has 1 aromatic rings. The molecule has 1 aromatic carbocycles. The van der Waals surface area contributed by atoms with Crippen LogP contribution in [0.2, 0.25) is 0 Å². The quantitative estimate of drug-likeness (QED) is 0.727. The number of alkyl halides is 3. The lowest BCUT2D eigenvalue weighted by Gasteiger charge is -2.44. The van der Waals surface area contributed by atoms with Crippen molar-refractivity contribution < 1.29 is 27.5 Å². The fourth-order valence-electron chi connectivity index (χ4n) is 4.97. The lowest BCUT2D eigenvalue weighted by Crippen LogP contribution is -2.53. The first-order valence-corrected chi connectivity index (χ1v) is 10.6. The normalized spacial score (nSPS) is 29.6. The van der Waals surface area contributed by atoms with Crippen molar-refractivity contribution in [2.24, 2.45) is 5.92 Å². The van der Waals surface area contributed by atoms with Crippen LogP contribution < -0.4 is 0 Å². The molecular weight excluding hydrogens is 397 g/mol. The molecule has 0 bridgehead atoms. The molecular formula is C22H27F3N2O3. The number of nitrogens with zero attached hydrogens (tertiary/aromatic N) is 2. The van der Waals surface area contributed by atoms with Crippen molar-refractivity contribution in [3.8, 4) is 0 Å². The lowest BCUT2D eigenvalue weighted by molar-refractivity contribution is -0.154. The van der Waals surface area contributed by atoms with Gasteiger partial charge in [-0.05, 0) is 56.4 Å². The summed E-state index contributed by atoms with van der Waals surface area (Å²) in [5.74, 6) is -0.144. The molecule has 3 saturated heterocycles. The summed E-state index contributed by atoms with van der Waals surface area (Å²) in [6.07, 6.45) is -0.612. The molecule has 8 heteroatoms. The summed E-state index contributed by atoms with van der Waals surface area (Å²) in [5.41, 5.74) is -0.921. The second-order valence-corrected chi connectivity index (χ2v) is 8.72. The number of amides is 2. The number of benzene rings is 1. The zero-order chi connectivity index (χ0) is 21.5. The first-order valence-electron chi connectivity index (χ1n) is 10.6. The third-order valence-corrected chi connectivity index (χ3v) is 6.84. The SMILES string of the molecule is CC1CN(C(=O)c2ccc(C(F)(F)F)cc2)CCC12CCC(C(=O)N1CCCC1)O2. The predicted octanol–water partition coefficient (Wildman–Crippen LogP) is 3.73. The molecule has 4 rings (SSSR count). The zero-order valence-electron chi connectivity index (χ0n) is 17.1. The highest BCUT2D eigenvalue weighted by molar-refractivity contribution is 5.94. The van der Waals surface area contributed by atoms with Gasteiger partial charge in [-0.3, -0.25) is 9.59 Å². The second kappa shape index (κ2) is 7.87. The van der Waals surface area contributed by atoms with Crippen molar-refractivity contribution in [2.45, 2.75) is 56.9 Å². The number of carbonyl (C=O) groups excluding carboxylic acids is 2. The minimum absolute atomic E-state index is 0.0426. The summed E-state index contributed by atoms with van der Waals surface area (Å²) in [6, 6.07) is 4.35. The molecule has 0 saturated carbocycles. The number of piperidine rings is 1. The third kappa shape index (κ3) is 3.94. The van der Waals surface area contributed by atoms with E-state index in [-0.39, 0.29) is 23.3 Å². The minimum atomic E-state index is -4.42. The van der Waals surface area contributed by atoms with Crippen molar-refractivity contribution >= 4 is 11.8 Å². The van der Waals surface area contributed by atoms with Gasteiger partial charge in [0.2, 0.25) is 0 Å². The van der Waals surface area contributed by atoms with Crippen LogP contribution in [0.5, 0.6) is 0 Å². The summed E-state index contributed by atoms with van der Waals surface area (Å²) in [6.45, 7) is 4.56. The molecule has 3 fully saturated rings. The lowest BCUT2D eigenvalue weighted by atomic mass is 9.80. The Labute approximate surface area is 174 Å². The summed E-state index contributed by atoms with van der Waals surface area (Å²) >= 11 is 0. The van der Waals surface area contributed by atoms with Crippen molar-refractivity contribution in [1.82, 2.24) is 9.80 Å². The third-order valence-electron chi connectivity index (χ3n) is 6.84. The average Bonchev–Trinajstić information content (AvgIpc) is 3.40. The molecule has 5 nitrogen and oxygen atoms in total. The van der Waals surface area contributed by atoms with Crippen LogP contribution in [0.3, 0.4) is 0 Å². The largest absolute Gasteiger partial charge is 0.416 e. The molecule has 0 radical (unpaired) electrons. The summed E-state index contributed by atoms with van der Waals surface area (Å²) < 4.78 is 44.5. The number of hydrogen-bond donors (Lipinski definition) is 0. The Hall–Kier alpha value is -2.09. The van der Waals surface area contributed by atoms with E-state index in [4.69, 9.17) is 4.74 Å². The van der Waals surface area contributed by atoms with E-state index in [1.54, 1.807) is 4.90 Å². The average molecular weight is 424 g/mol. The van der Waals surface area contributed by atoms with Crippen molar-refractivity contribution in [3.63, 3.8) is 0 Å². The smallest absolute Gasteiger partial charge is 0.362 e. The highest BCUT2D eigenvalue weighted by Gasteiger charge is 2.50. The fourth-order valence-corrected chi connectivity index (χ4v) is 4.97. The highest BCUT2D eigenvalue weighted by Crippen LogP contribution is 2.43. The topological polar surface area (TPSA) is 49.9 Å². The van der Waals surface area contributed by atoms with E-state index in [9.17, 15) is 22.8 Å². The standard InChI is InChI=1S/C22H27F3N2O3/c1-15-14-27(19(28)16-4-6-17(7-5-16)22(23,24)25)13-10-21(15)9-8-18(30-21)20(29)26-11-2-3-12-26/h4-7,15,18H,2-3,8-14H2,1H3. The van der Waals surface area contributed by atoms with Crippen LogP contribution in [0.15, 0.2) is 24.3 Å². The van der Waals surface area contributed by atoms with Crippen LogP contribution in [0.1, 0.15) is 54.9 Å². The Bertz CT molecular complexity index is 805. The van der Waals surface area contributed by atoms with Gasteiger partial charge in [0.1, 0.15) is 6.10 Å². The van der Waals surface area contributed by atoms with Crippen molar-refractivity contribution in [2.75, 3.05) is 26.2 Å². The van der Waals surface area contributed by atoms with E-state index < -0.39 is 23.4 Å². The highest BCUT2D eigenvalue weighted by atomic mass is 19.4. The van der Waals surface area contributed by atoms with E-state index >= 15 is 0 Å². The molecule has 0 aliphatic carbocycles. The van der Waals surface area contributed by atoms with E-state index in [1.807, 2.05) is 11.8 Å². The molecule has 164 valence electrons. The maximum atomic E-state index is 12.8. The van der Waals surface area contributed by atoms with Gasteiger partial charge in [-0.1, -0.05) is 6.92 Å². The number of carbonyl (C=O) groups is 2. The first-order chi connectivity index (χ1) is 14.2. The van der Waals surface area contributed by atoms with Gasteiger partial charge in [-0.2, -0.15) is 13.2 Å². The van der Waals surface area contributed by atoms with Crippen molar-refractivity contribution in [3.05, 3.63) is 35.4 Å². The van der Waals surface area contributed by atoms with Crippen LogP contribution in [0, 0.1) is 5.92 Å². The Kier molecular flexibility index (Phi) is 5.55. The number of hydrogen-bond acceptors (Lipinski definition) is 3. The minimum Gasteiger partial charge on any atom is -0.362 e. The molecule has 1 spiro atoms. The molecule has 0 N–H and O–H groups in total. The van der Waals surface area contributed by atoms with Crippen LogP contribution >= 0.6 is 0 Å². The summed E-state index contributed by atoms with van der Waals surface area (Å²) in [5, 5.41) is 0. The van der Waals surface area contributed by atoms with E-state index in [1.165, 1.54) is 12.1 Å². The molecule has 3 unspecified atom stereocenters. The molecule has 3 aliphatic rings. The van der Waals surface area contributed by atoms with Gasteiger partial charge >= 0.3 is 6.18 Å². The van der Waals surface area contributed by atoms with Crippen LogP contribution in [-0.4, -0.2) is 59.5 Å². The number of rotatable bonds is 2. The van der Waals surface area contributed by atoms with Crippen LogP contribution in [-0.2, 0) is 15.7 Å². The number of ether oxygens (including phenoxy) is 1. The van der Waals surface area contributed by atoms with E-state index in [0.29, 0.717) is 25.9 Å². The molecule has 3 aliphatic heterocycles. The van der Waals surface area contributed by atoms with Crippen LogP contribution in [0.4, 0.5) is 13.2 Å². The van der Waals surface area contributed by atoms with Gasteiger partial charge in [0.05, 0.1) is 11.2 Å². The van der Waals surface area contributed by atoms with Gasteiger partial charge in [-0.25, -0.2) is 0 Å². The van der Waals surface area contributed by atoms with Crippen LogP contribution in [0.25, 0.3) is 0 Å². The maximum Gasteiger partial charge on any atom is 0.416 e. The molecule has 30 heavy (non-hydrogen) atoms. The van der Waals surface area contributed by atoms with E-state index in [0.717, 1.165) is 44.5 Å². The first kappa shape index (κ1) is 21.2. The van der Waals surface area contributed by atoms with Gasteiger partial charge < -0.3 is 14.5 Å². The zero-order valence-corrected chi connectivity index (χ0v) is 17.1. The monoisotopic (exact) mass is 424 g/mol. The summed E-state index contributed by atoms with van der Waals surface area (Å²) in [4.78, 5) is 29.1. The molecule has 3 atom stereocenters. The Morgan fingerprint density at radius 3 is 2.30 bits per heavy atom. The van der Waals surface area contributed by atoms with Gasteiger partial charge in [0.25, 0.3) is 11.8 Å². The Morgan fingerprint density at radius 2 is 1.70 bits per heavy atom. The van der Waals surface area contributed by atoms with Gasteiger partial charge in [0, 0.05) is 37.7 Å².